The summed E-state index contributed by atoms with van der Waals surface area (Å²) in [5, 5.41) is 19.2. The van der Waals surface area contributed by atoms with Gasteiger partial charge in [0, 0.05) is 42.9 Å². The summed E-state index contributed by atoms with van der Waals surface area (Å²) in [5.41, 5.74) is 2.47. The molecule has 9 heteroatoms. The number of rotatable bonds is 5. The Bertz CT molecular complexity index is 1020. The van der Waals surface area contributed by atoms with E-state index in [1.807, 2.05) is 19.3 Å². The predicted octanol–water partition coefficient (Wildman–Crippen LogP) is 2.68. The standard InChI is InChI=1S/C19H23N9/c1-12-7-16(26-25-12)23-17-10-21-18-19(24-17)28(11-22-18)15-8-13-3-4-14(9-15)27(13)6-2-5-20/h7,10-11,13-15H,2-4,6,8-9H2,1H3,(H2,23,24,25,26)/t13-,14+,15-. The number of nitriles is 1. The van der Waals surface area contributed by atoms with Gasteiger partial charge in [-0.3, -0.25) is 10.00 Å². The van der Waals surface area contributed by atoms with Crippen molar-refractivity contribution < 1.29 is 0 Å². The van der Waals surface area contributed by atoms with Gasteiger partial charge in [-0.1, -0.05) is 0 Å². The van der Waals surface area contributed by atoms with Crippen LogP contribution in [0.5, 0.6) is 0 Å². The number of nitrogens with zero attached hydrogens (tertiary/aromatic N) is 7. The molecule has 2 fully saturated rings. The molecular weight excluding hydrogens is 354 g/mol. The molecule has 144 valence electrons. The molecular formula is C19H23N9. The van der Waals surface area contributed by atoms with Gasteiger partial charge in [0.1, 0.15) is 0 Å². The van der Waals surface area contributed by atoms with Crippen LogP contribution in [-0.4, -0.2) is 53.2 Å². The van der Waals surface area contributed by atoms with Gasteiger partial charge in [-0.25, -0.2) is 15.0 Å². The highest BCUT2D eigenvalue weighted by Crippen LogP contribution is 2.41. The first kappa shape index (κ1) is 17.1. The Balaban J connectivity index is 1.39. The minimum absolute atomic E-state index is 0.373. The molecule has 2 saturated heterocycles. The molecule has 0 radical (unpaired) electrons. The molecule has 0 saturated carbocycles. The summed E-state index contributed by atoms with van der Waals surface area (Å²) in [7, 11) is 0. The average molecular weight is 377 g/mol. The molecule has 28 heavy (non-hydrogen) atoms. The van der Waals surface area contributed by atoms with Gasteiger partial charge >= 0.3 is 0 Å². The van der Waals surface area contributed by atoms with Crippen molar-refractivity contribution in [1.82, 2.24) is 34.6 Å². The molecule has 9 nitrogen and oxygen atoms in total. The fourth-order valence-electron chi connectivity index (χ4n) is 4.77. The van der Waals surface area contributed by atoms with Crippen LogP contribution in [0.25, 0.3) is 11.3 Å². The molecule has 0 aliphatic carbocycles. The summed E-state index contributed by atoms with van der Waals surface area (Å²) in [6, 6.07) is 5.69. The van der Waals surface area contributed by atoms with Gasteiger partial charge in [0.25, 0.3) is 0 Å². The Morgan fingerprint density at radius 2 is 2.04 bits per heavy atom. The van der Waals surface area contributed by atoms with Crippen LogP contribution in [0, 0.1) is 18.3 Å². The first-order valence-corrected chi connectivity index (χ1v) is 9.82. The minimum atomic E-state index is 0.373. The van der Waals surface area contributed by atoms with Gasteiger partial charge in [-0.15, -0.1) is 0 Å². The van der Waals surface area contributed by atoms with Gasteiger partial charge in [0.2, 0.25) is 0 Å². The van der Waals surface area contributed by atoms with E-state index in [2.05, 4.69) is 41.0 Å². The minimum Gasteiger partial charge on any atom is -0.322 e. The second-order valence-corrected chi connectivity index (χ2v) is 7.77. The second kappa shape index (κ2) is 6.87. The summed E-state index contributed by atoms with van der Waals surface area (Å²) in [4.78, 5) is 16.2. The number of fused-ring (bicyclic) bond motifs is 3. The Labute approximate surface area is 162 Å². The van der Waals surface area contributed by atoms with Crippen molar-refractivity contribution >= 4 is 22.9 Å². The number of aryl methyl sites for hydroxylation is 1. The molecule has 3 atom stereocenters. The van der Waals surface area contributed by atoms with Gasteiger partial charge in [0.05, 0.1) is 18.6 Å². The van der Waals surface area contributed by atoms with Crippen LogP contribution >= 0.6 is 0 Å². The molecule has 0 unspecified atom stereocenters. The number of anilines is 2. The fourth-order valence-corrected chi connectivity index (χ4v) is 4.77. The molecule has 0 aromatic carbocycles. The summed E-state index contributed by atoms with van der Waals surface area (Å²) < 4.78 is 2.19. The maximum atomic E-state index is 8.93. The van der Waals surface area contributed by atoms with E-state index in [4.69, 9.17) is 10.2 Å². The Morgan fingerprint density at radius 1 is 1.21 bits per heavy atom. The van der Waals surface area contributed by atoms with Crippen LogP contribution in [0.2, 0.25) is 0 Å². The zero-order valence-electron chi connectivity index (χ0n) is 15.8. The van der Waals surface area contributed by atoms with E-state index in [1.54, 1.807) is 6.20 Å². The molecule has 2 N–H and O–H groups in total. The van der Waals surface area contributed by atoms with Crippen LogP contribution in [0.3, 0.4) is 0 Å². The highest BCUT2D eigenvalue weighted by Gasteiger charge is 2.41. The van der Waals surface area contributed by atoms with Crippen molar-refractivity contribution in [1.29, 1.82) is 5.26 Å². The zero-order chi connectivity index (χ0) is 19.1. The van der Waals surface area contributed by atoms with Crippen molar-refractivity contribution in [2.24, 2.45) is 0 Å². The normalized spacial score (nSPS) is 24.5. The number of hydrogen-bond acceptors (Lipinski definition) is 7. The number of H-pyrrole nitrogens is 1. The zero-order valence-corrected chi connectivity index (χ0v) is 15.8. The predicted molar refractivity (Wildman–Crippen MR) is 104 cm³/mol. The topological polar surface area (TPSA) is 111 Å². The van der Waals surface area contributed by atoms with Gasteiger partial charge in [-0.05, 0) is 32.6 Å². The molecule has 0 amide bonds. The van der Waals surface area contributed by atoms with Crippen molar-refractivity contribution in [3.8, 4) is 6.07 Å². The van der Waals surface area contributed by atoms with Crippen LogP contribution in [0.15, 0.2) is 18.6 Å². The summed E-state index contributed by atoms with van der Waals surface area (Å²) in [6.45, 7) is 2.85. The molecule has 0 spiro atoms. The third kappa shape index (κ3) is 2.99. The molecule has 3 aromatic rings. The van der Waals surface area contributed by atoms with Crippen LogP contribution in [-0.2, 0) is 0 Å². The summed E-state index contributed by atoms with van der Waals surface area (Å²) in [6.07, 6.45) is 8.77. The molecule has 2 bridgehead atoms. The first-order valence-electron chi connectivity index (χ1n) is 9.82. The number of imidazole rings is 1. The third-order valence-corrected chi connectivity index (χ3v) is 5.98. The van der Waals surface area contributed by atoms with E-state index in [1.165, 1.54) is 12.8 Å². The largest absolute Gasteiger partial charge is 0.322 e. The van der Waals surface area contributed by atoms with Crippen molar-refractivity contribution in [2.75, 3.05) is 11.9 Å². The quantitative estimate of drug-likeness (QED) is 0.703. The molecule has 2 aliphatic rings. The fraction of sp³-hybridized carbons (Fsp3) is 0.526. The van der Waals surface area contributed by atoms with Crippen LogP contribution < -0.4 is 5.32 Å². The van der Waals surface area contributed by atoms with E-state index in [-0.39, 0.29) is 0 Å². The lowest BCUT2D eigenvalue weighted by molar-refractivity contribution is 0.110. The second-order valence-electron chi connectivity index (χ2n) is 7.77. The molecule has 2 aliphatic heterocycles. The maximum Gasteiger partial charge on any atom is 0.197 e. The van der Waals surface area contributed by atoms with E-state index < -0.39 is 0 Å². The third-order valence-electron chi connectivity index (χ3n) is 5.98. The van der Waals surface area contributed by atoms with Crippen molar-refractivity contribution in [3.05, 3.63) is 24.3 Å². The van der Waals surface area contributed by atoms with E-state index >= 15 is 0 Å². The number of aromatic nitrogens is 6. The molecule has 5 heterocycles. The van der Waals surface area contributed by atoms with Crippen molar-refractivity contribution in [3.63, 3.8) is 0 Å². The lowest BCUT2D eigenvalue weighted by Gasteiger charge is -2.39. The van der Waals surface area contributed by atoms with Crippen LogP contribution in [0.1, 0.15) is 43.8 Å². The number of nitrogens with one attached hydrogen (secondary N) is 2. The SMILES string of the molecule is Cc1cc(Nc2cnc3ncn([C@@H]4C[C@H]5CC[C@@H](C4)N5CCC#N)c3n2)n[nH]1. The highest BCUT2D eigenvalue weighted by atomic mass is 15.3. The maximum absolute atomic E-state index is 8.93. The Kier molecular flexibility index (Phi) is 4.20. The first-order chi connectivity index (χ1) is 13.7. The Hall–Kier alpha value is -2.99. The van der Waals surface area contributed by atoms with E-state index in [0.717, 1.165) is 36.5 Å². The molecule has 3 aromatic heterocycles. The average Bonchev–Trinajstić information content (AvgIpc) is 3.36. The number of aromatic amines is 1. The van der Waals surface area contributed by atoms with E-state index in [0.29, 0.717) is 36.0 Å². The van der Waals surface area contributed by atoms with Gasteiger partial charge in [0.15, 0.2) is 22.9 Å². The smallest absolute Gasteiger partial charge is 0.197 e. The van der Waals surface area contributed by atoms with Crippen molar-refractivity contribution in [2.45, 2.75) is 57.2 Å². The Morgan fingerprint density at radius 3 is 2.75 bits per heavy atom. The summed E-state index contributed by atoms with van der Waals surface area (Å²) in [5.74, 6) is 1.39. The molecule has 5 rings (SSSR count). The lowest BCUT2D eigenvalue weighted by Crippen LogP contribution is -2.43. The summed E-state index contributed by atoms with van der Waals surface area (Å²) >= 11 is 0. The number of piperidine rings is 1. The highest BCUT2D eigenvalue weighted by molar-refractivity contribution is 5.69. The monoisotopic (exact) mass is 377 g/mol. The van der Waals surface area contributed by atoms with Crippen LogP contribution in [0.4, 0.5) is 11.6 Å². The number of hydrogen-bond donors (Lipinski definition) is 2. The van der Waals surface area contributed by atoms with Gasteiger partial charge in [-0.2, -0.15) is 10.4 Å². The van der Waals surface area contributed by atoms with Gasteiger partial charge < -0.3 is 9.88 Å². The lowest BCUT2D eigenvalue weighted by atomic mass is 9.97. The van der Waals surface area contributed by atoms with E-state index in [9.17, 15) is 0 Å².